The number of aliphatic carboxylic acids is 1. The zero-order valence-corrected chi connectivity index (χ0v) is 18.1. The first-order valence-electron chi connectivity index (χ1n) is 11.2. The van der Waals surface area contributed by atoms with Gasteiger partial charge in [-0.05, 0) is 53.4 Å². The van der Waals surface area contributed by atoms with Crippen LogP contribution in [0.4, 0.5) is 0 Å². The standard InChI is InChI=1S/C26H28N4O2/c1-28-13-21(27)17-6-2-15(3-7-17)16-4-8-18(9-5-16)22-14-29-25(30-22)23-19-10-11-20(12-19)24(23)26(31)32/h2-9,13-14,19-20,23-24,28H,10-12,27H2,1H3,(H,29,30)(H,31,32)/b21-13-. The van der Waals surface area contributed by atoms with Gasteiger partial charge in [-0.1, -0.05) is 48.5 Å². The van der Waals surface area contributed by atoms with E-state index in [-0.39, 0.29) is 11.8 Å². The lowest BCUT2D eigenvalue weighted by Gasteiger charge is -2.26. The van der Waals surface area contributed by atoms with Crippen molar-refractivity contribution < 1.29 is 9.90 Å². The maximum absolute atomic E-state index is 11.9. The zero-order chi connectivity index (χ0) is 22.2. The smallest absolute Gasteiger partial charge is 0.307 e. The summed E-state index contributed by atoms with van der Waals surface area (Å²) in [7, 11) is 1.83. The lowest BCUT2D eigenvalue weighted by atomic mass is 9.79. The molecule has 1 heterocycles. The Labute approximate surface area is 187 Å². The second kappa shape index (κ2) is 8.19. The Balaban J connectivity index is 1.35. The van der Waals surface area contributed by atoms with Crippen LogP contribution in [0, 0.1) is 17.8 Å². The van der Waals surface area contributed by atoms with Crippen LogP contribution in [-0.2, 0) is 4.79 Å². The Morgan fingerprint density at radius 2 is 1.69 bits per heavy atom. The number of imidazole rings is 1. The molecule has 2 saturated carbocycles. The Morgan fingerprint density at radius 3 is 2.34 bits per heavy atom. The van der Waals surface area contributed by atoms with Gasteiger partial charge in [0.05, 0.1) is 23.5 Å². The highest BCUT2D eigenvalue weighted by Gasteiger charge is 2.52. The van der Waals surface area contributed by atoms with Crippen molar-refractivity contribution in [1.29, 1.82) is 0 Å². The summed E-state index contributed by atoms with van der Waals surface area (Å²) >= 11 is 0. The van der Waals surface area contributed by atoms with Crippen molar-refractivity contribution in [3.63, 3.8) is 0 Å². The molecule has 1 aromatic heterocycles. The first-order chi connectivity index (χ1) is 15.5. The molecule has 2 fully saturated rings. The Hall–Kier alpha value is -3.54. The summed E-state index contributed by atoms with van der Waals surface area (Å²) in [5.41, 5.74) is 11.9. The van der Waals surface area contributed by atoms with Gasteiger partial charge in [-0.15, -0.1) is 0 Å². The number of carbonyl (C=O) groups is 1. The molecule has 0 aliphatic heterocycles. The van der Waals surface area contributed by atoms with Crippen LogP contribution in [0.15, 0.2) is 60.9 Å². The molecule has 4 atom stereocenters. The van der Waals surface area contributed by atoms with Crippen LogP contribution in [0.3, 0.4) is 0 Å². The fourth-order valence-electron chi connectivity index (χ4n) is 5.63. The third kappa shape index (κ3) is 3.55. The minimum Gasteiger partial charge on any atom is -0.481 e. The molecule has 164 valence electrons. The number of benzene rings is 2. The van der Waals surface area contributed by atoms with Crippen LogP contribution >= 0.6 is 0 Å². The quantitative estimate of drug-likeness (QED) is 0.465. The number of carboxylic acids is 1. The predicted octanol–water partition coefficient (Wildman–Crippen LogP) is 4.43. The van der Waals surface area contributed by atoms with E-state index in [0.717, 1.165) is 53.0 Å². The van der Waals surface area contributed by atoms with Crippen molar-refractivity contribution in [1.82, 2.24) is 15.3 Å². The van der Waals surface area contributed by atoms with E-state index in [9.17, 15) is 9.90 Å². The Kier molecular flexibility index (Phi) is 5.21. The summed E-state index contributed by atoms with van der Waals surface area (Å²) in [4.78, 5) is 19.9. The third-order valence-corrected chi connectivity index (χ3v) is 7.16. The van der Waals surface area contributed by atoms with Gasteiger partial charge in [-0.3, -0.25) is 4.79 Å². The number of carboxylic acid groups (broad SMARTS) is 1. The average molecular weight is 429 g/mol. The van der Waals surface area contributed by atoms with E-state index in [2.05, 4.69) is 51.7 Å². The van der Waals surface area contributed by atoms with Crippen molar-refractivity contribution in [3.05, 3.63) is 72.3 Å². The molecule has 0 amide bonds. The second-order valence-electron chi connectivity index (χ2n) is 8.95. The summed E-state index contributed by atoms with van der Waals surface area (Å²) in [5, 5.41) is 12.7. The number of nitrogens with two attached hydrogens (primary N) is 1. The van der Waals surface area contributed by atoms with Gasteiger partial charge in [0.2, 0.25) is 0 Å². The first-order valence-corrected chi connectivity index (χ1v) is 11.2. The van der Waals surface area contributed by atoms with Gasteiger partial charge in [0.15, 0.2) is 0 Å². The molecule has 6 heteroatoms. The number of aromatic nitrogens is 2. The van der Waals surface area contributed by atoms with Crippen LogP contribution in [0.2, 0.25) is 0 Å². The number of nitrogens with zero attached hydrogens (tertiary/aromatic N) is 1. The molecule has 4 unspecified atom stereocenters. The minimum absolute atomic E-state index is 0.00202. The zero-order valence-electron chi connectivity index (χ0n) is 18.1. The summed E-state index contributed by atoms with van der Waals surface area (Å²) in [6, 6.07) is 16.5. The lowest BCUT2D eigenvalue weighted by molar-refractivity contribution is -0.144. The maximum Gasteiger partial charge on any atom is 0.307 e. The van der Waals surface area contributed by atoms with E-state index in [4.69, 9.17) is 5.73 Å². The Morgan fingerprint density at radius 1 is 1.06 bits per heavy atom. The SMILES string of the molecule is CN/C=C(\N)c1ccc(-c2ccc(-c3cnc(C4C5CCC(C5)C4C(=O)O)[nH]3)cc2)cc1. The highest BCUT2D eigenvalue weighted by molar-refractivity contribution is 5.73. The molecule has 2 bridgehead atoms. The van der Waals surface area contributed by atoms with E-state index in [0.29, 0.717) is 17.5 Å². The summed E-state index contributed by atoms with van der Waals surface area (Å²) in [6.07, 6.45) is 6.77. The normalized spacial score (nSPS) is 24.6. The molecule has 0 saturated heterocycles. The lowest BCUT2D eigenvalue weighted by Crippen LogP contribution is -2.28. The molecule has 6 nitrogen and oxygen atoms in total. The highest BCUT2D eigenvalue weighted by Crippen LogP contribution is 2.56. The number of H-pyrrole nitrogens is 1. The molecule has 2 aromatic carbocycles. The van der Waals surface area contributed by atoms with E-state index in [1.165, 1.54) is 0 Å². The fraction of sp³-hybridized carbons (Fsp3) is 0.308. The summed E-state index contributed by atoms with van der Waals surface area (Å²) in [5.74, 6) is 0.565. The average Bonchev–Trinajstić information content (AvgIpc) is 3.55. The van der Waals surface area contributed by atoms with E-state index < -0.39 is 5.97 Å². The third-order valence-electron chi connectivity index (χ3n) is 7.16. The second-order valence-corrected chi connectivity index (χ2v) is 8.95. The van der Waals surface area contributed by atoms with E-state index in [1.807, 2.05) is 25.4 Å². The molecule has 2 aliphatic carbocycles. The fourth-order valence-corrected chi connectivity index (χ4v) is 5.63. The molecule has 3 aromatic rings. The minimum atomic E-state index is -0.682. The summed E-state index contributed by atoms with van der Waals surface area (Å²) < 4.78 is 0. The Bertz CT molecular complexity index is 1150. The van der Waals surface area contributed by atoms with Crippen molar-refractivity contribution in [2.24, 2.45) is 23.5 Å². The number of nitrogens with one attached hydrogen (secondary N) is 2. The first kappa shape index (κ1) is 20.4. The topological polar surface area (TPSA) is 104 Å². The van der Waals surface area contributed by atoms with Crippen LogP contribution < -0.4 is 11.1 Å². The number of hydrogen-bond acceptors (Lipinski definition) is 4. The van der Waals surface area contributed by atoms with Crippen LogP contribution in [0.5, 0.6) is 0 Å². The molecule has 2 aliphatic rings. The van der Waals surface area contributed by atoms with Gasteiger partial charge in [0.1, 0.15) is 5.82 Å². The van der Waals surface area contributed by atoms with Gasteiger partial charge < -0.3 is 21.1 Å². The molecule has 32 heavy (non-hydrogen) atoms. The highest BCUT2D eigenvalue weighted by atomic mass is 16.4. The van der Waals surface area contributed by atoms with Gasteiger partial charge in [0.25, 0.3) is 0 Å². The van der Waals surface area contributed by atoms with Crippen LogP contribution in [-0.4, -0.2) is 28.1 Å². The maximum atomic E-state index is 11.9. The predicted molar refractivity (Wildman–Crippen MR) is 125 cm³/mol. The summed E-state index contributed by atoms with van der Waals surface area (Å²) in [6.45, 7) is 0. The van der Waals surface area contributed by atoms with Crippen molar-refractivity contribution in [3.8, 4) is 22.4 Å². The molecular formula is C26H28N4O2. The number of rotatable bonds is 6. The van der Waals surface area contributed by atoms with Crippen LogP contribution in [0.25, 0.3) is 28.1 Å². The number of aromatic amines is 1. The molecule has 0 spiro atoms. The molecular weight excluding hydrogens is 400 g/mol. The van der Waals surface area contributed by atoms with Gasteiger partial charge in [-0.2, -0.15) is 0 Å². The number of fused-ring (bicyclic) bond motifs is 2. The monoisotopic (exact) mass is 428 g/mol. The molecule has 0 radical (unpaired) electrons. The van der Waals surface area contributed by atoms with Crippen molar-refractivity contribution in [2.75, 3.05) is 7.05 Å². The van der Waals surface area contributed by atoms with Gasteiger partial charge >= 0.3 is 5.97 Å². The molecule has 5 rings (SSSR count). The van der Waals surface area contributed by atoms with Crippen molar-refractivity contribution in [2.45, 2.75) is 25.2 Å². The van der Waals surface area contributed by atoms with Gasteiger partial charge in [0, 0.05) is 19.2 Å². The van der Waals surface area contributed by atoms with Crippen LogP contribution in [0.1, 0.15) is 36.6 Å². The largest absolute Gasteiger partial charge is 0.481 e. The van der Waals surface area contributed by atoms with Gasteiger partial charge in [-0.25, -0.2) is 4.98 Å². The molecule has 5 N–H and O–H groups in total. The van der Waals surface area contributed by atoms with Crippen molar-refractivity contribution >= 4 is 11.7 Å². The van der Waals surface area contributed by atoms with E-state index >= 15 is 0 Å². The number of hydrogen-bond donors (Lipinski definition) is 4. The van der Waals surface area contributed by atoms with E-state index in [1.54, 1.807) is 6.20 Å².